The van der Waals surface area contributed by atoms with E-state index in [1.54, 1.807) is 0 Å². The summed E-state index contributed by atoms with van der Waals surface area (Å²) in [6.07, 6.45) is 5.05. The molecule has 0 saturated heterocycles. The van der Waals surface area contributed by atoms with Crippen LogP contribution < -0.4 is 5.32 Å². The second kappa shape index (κ2) is 7.87. The van der Waals surface area contributed by atoms with E-state index in [-0.39, 0.29) is 5.91 Å². The SMILES string of the molecule is Cc1ccn2cc(-c3cccc(NC(=O)CCc4cccc(Cl)c4)c3)nc2c1. The molecule has 4 aromatic rings. The van der Waals surface area contributed by atoms with E-state index in [1.807, 2.05) is 78.3 Å². The summed E-state index contributed by atoms with van der Waals surface area (Å²) in [5, 5.41) is 3.66. The number of halogens is 1. The number of pyridine rings is 1. The molecule has 0 bridgehead atoms. The van der Waals surface area contributed by atoms with Gasteiger partial charge in [-0.15, -0.1) is 0 Å². The van der Waals surface area contributed by atoms with Gasteiger partial charge in [-0.05, 0) is 60.9 Å². The maximum Gasteiger partial charge on any atom is 0.224 e. The Bertz CT molecular complexity index is 1150. The Kier molecular flexibility index (Phi) is 5.13. The Hall–Kier alpha value is -3.11. The topological polar surface area (TPSA) is 46.4 Å². The maximum absolute atomic E-state index is 12.3. The van der Waals surface area contributed by atoms with Gasteiger partial charge in [0.1, 0.15) is 5.65 Å². The third-order valence-corrected chi connectivity index (χ3v) is 4.82. The number of nitrogens with one attached hydrogen (secondary N) is 1. The predicted octanol–water partition coefficient (Wildman–Crippen LogP) is 5.53. The van der Waals surface area contributed by atoms with Crippen molar-refractivity contribution >= 4 is 28.8 Å². The second-order valence-corrected chi connectivity index (χ2v) is 7.29. The Morgan fingerprint density at radius 2 is 1.96 bits per heavy atom. The fourth-order valence-electron chi connectivity index (χ4n) is 3.15. The number of carbonyl (C=O) groups is 1. The number of aromatic nitrogens is 2. The standard InChI is InChI=1S/C23H20ClN3O/c1-16-10-11-27-15-21(26-22(27)12-16)18-5-3-7-20(14-18)25-23(28)9-8-17-4-2-6-19(24)13-17/h2-7,10-15H,8-9H2,1H3,(H,25,28). The molecule has 0 atom stereocenters. The maximum atomic E-state index is 12.3. The van der Waals surface area contributed by atoms with Crippen molar-refractivity contribution in [3.63, 3.8) is 0 Å². The molecule has 0 fully saturated rings. The van der Waals surface area contributed by atoms with Gasteiger partial charge in [-0.3, -0.25) is 4.79 Å². The van der Waals surface area contributed by atoms with Gasteiger partial charge in [0.15, 0.2) is 0 Å². The Balaban J connectivity index is 1.46. The van der Waals surface area contributed by atoms with E-state index in [0.717, 1.165) is 28.2 Å². The van der Waals surface area contributed by atoms with Gasteiger partial charge in [-0.2, -0.15) is 0 Å². The quantitative estimate of drug-likeness (QED) is 0.487. The number of amides is 1. The molecule has 5 heteroatoms. The number of benzene rings is 2. The van der Waals surface area contributed by atoms with Crippen LogP contribution in [0.3, 0.4) is 0 Å². The Labute approximate surface area is 168 Å². The molecule has 4 nitrogen and oxygen atoms in total. The number of aryl methyl sites for hydroxylation is 2. The van der Waals surface area contributed by atoms with Crippen molar-refractivity contribution in [1.29, 1.82) is 0 Å². The molecule has 1 N–H and O–H groups in total. The smallest absolute Gasteiger partial charge is 0.224 e. The Morgan fingerprint density at radius 1 is 1.11 bits per heavy atom. The number of hydrogen-bond acceptors (Lipinski definition) is 2. The summed E-state index contributed by atoms with van der Waals surface area (Å²) in [4.78, 5) is 17.0. The molecular weight excluding hydrogens is 370 g/mol. The van der Waals surface area contributed by atoms with Crippen LogP contribution in [0.1, 0.15) is 17.5 Å². The minimum absolute atomic E-state index is 0.0252. The van der Waals surface area contributed by atoms with Crippen LogP contribution in [-0.2, 0) is 11.2 Å². The summed E-state index contributed by atoms with van der Waals surface area (Å²) < 4.78 is 2.00. The van der Waals surface area contributed by atoms with Crippen LogP contribution in [-0.4, -0.2) is 15.3 Å². The molecule has 0 saturated carbocycles. The molecule has 0 spiro atoms. The highest BCUT2D eigenvalue weighted by Gasteiger charge is 2.08. The fourth-order valence-corrected chi connectivity index (χ4v) is 3.37. The van der Waals surface area contributed by atoms with Crippen molar-refractivity contribution in [3.05, 3.63) is 89.2 Å². The van der Waals surface area contributed by atoms with E-state index < -0.39 is 0 Å². The van der Waals surface area contributed by atoms with Gasteiger partial charge in [0.05, 0.1) is 5.69 Å². The van der Waals surface area contributed by atoms with Crippen LogP contribution in [0, 0.1) is 6.92 Å². The molecule has 2 aromatic carbocycles. The zero-order chi connectivity index (χ0) is 19.5. The predicted molar refractivity (Wildman–Crippen MR) is 114 cm³/mol. The van der Waals surface area contributed by atoms with Gasteiger partial charge in [0, 0.05) is 35.1 Å². The molecule has 1 amide bonds. The number of imidazole rings is 1. The van der Waals surface area contributed by atoms with Gasteiger partial charge in [-0.25, -0.2) is 4.98 Å². The summed E-state index contributed by atoms with van der Waals surface area (Å²) in [5.74, 6) is -0.0252. The van der Waals surface area contributed by atoms with Gasteiger partial charge in [0.25, 0.3) is 0 Å². The largest absolute Gasteiger partial charge is 0.326 e. The molecule has 4 rings (SSSR count). The molecule has 2 heterocycles. The van der Waals surface area contributed by atoms with Crippen LogP contribution in [0.2, 0.25) is 5.02 Å². The van der Waals surface area contributed by atoms with E-state index in [9.17, 15) is 4.79 Å². The molecule has 0 radical (unpaired) electrons. The zero-order valence-electron chi connectivity index (χ0n) is 15.5. The molecule has 28 heavy (non-hydrogen) atoms. The van der Waals surface area contributed by atoms with Crippen LogP contribution in [0.25, 0.3) is 16.9 Å². The fraction of sp³-hybridized carbons (Fsp3) is 0.130. The second-order valence-electron chi connectivity index (χ2n) is 6.85. The highest BCUT2D eigenvalue weighted by molar-refractivity contribution is 6.30. The number of carbonyl (C=O) groups excluding carboxylic acids is 1. The number of nitrogens with zero attached hydrogens (tertiary/aromatic N) is 2. The van der Waals surface area contributed by atoms with E-state index in [4.69, 9.17) is 11.6 Å². The number of rotatable bonds is 5. The minimum atomic E-state index is -0.0252. The first-order valence-corrected chi connectivity index (χ1v) is 9.55. The summed E-state index contributed by atoms with van der Waals surface area (Å²) in [6.45, 7) is 2.05. The van der Waals surface area contributed by atoms with Gasteiger partial charge in [0.2, 0.25) is 5.91 Å². The first-order chi connectivity index (χ1) is 13.6. The normalized spacial score (nSPS) is 10.9. The third kappa shape index (κ3) is 4.24. The molecule has 0 aliphatic rings. The lowest BCUT2D eigenvalue weighted by Gasteiger charge is -2.07. The summed E-state index contributed by atoms with van der Waals surface area (Å²) >= 11 is 6.00. The van der Waals surface area contributed by atoms with Crippen LogP contribution in [0.15, 0.2) is 73.1 Å². The molecule has 0 aliphatic carbocycles. The first-order valence-electron chi connectivity index (χ1n) is 9.17. The lowest BCUT2D eigenvalue weighted by molar-refractivity contribution is -0.116. The van der Waals surface area contributed by atoms with Crippen molar-refractivity contribution in [2.24, 2.45) is 0 Å². The van der Waals surface area contributed by atoms with E-state index in [1.165, 1.54) is 5.56 Å². The zero-order valence-corrected chi connectivity index (χ0v) is 16.3. The van der Waals surface area contributed by atoms with Crippen LogP contribution >= 0.6 is 11.6 Å². The van der Waals surface area contributed by atoms with Crippen LogP contribution in [0.5, 0.6) is 0 Å². The van der Waals surface area contributed by atoms with Crippen molar-refractivity contribution in [2.45, 2.75) is 19.8 Å². The number of anilines is 1. The van der Waals surface area contributed by atoms with Crippen molar-refractivity contribution in [1.82, 2.24) is 9.38 Å². The monoisotopic (exact) mass is 389 g/mol. The van der Waals surface area contributed by atoms with Gasteiger partial charge >= 0.3 is 0 Å². The minimum Gasteiger partial charge on any atom is -0.326 e. The van der Waals surface area contributed by atoms with E-state index in [2.05, 4.69) is 16.4 Å². The van der Waals surface area contributed by atoms with E-state index in [0.29, 0.717) is 17.9 Å². The van der Waals surface area contributed by atoms with E-state index >= 15 is 0 Å². The molecule has 0 aliphatic heterocycles. The summed E-state index contributed by atoms with van der Waals surface area (Å²) in [6, 6.07) is 19.5. The highest BCUT2D eigenvalue weighted by Crippen LogP contribution is 2.23. The van der Waals surface area contributed by atoms with Gasteiger partial charge in [-0.1, -0.05) is 35.9 Å². The van der Waals surface area contributed by atoms with Crippen LogP contribution in [0.4, 0.5) is 5.69 Å². The van der Waals surface area contributed by atoms with Gasteiger partial charge < -0.3 is 9.72 Å². The first kappa shape index (κ1) is 18.3. The summed E-state index contributed by atoms with van der Waals surface area (Å²) in [5.41, 5.74) is 5.74. The molecule has 2 aromatic heterocycles. The highest BCUT2D eigenvalue weighted by atomic mass is 35.5. The molecular formula is C23H20ClN3O. The molecule has 140 valence electrons. The lowest BCUT2D eigenvalue weighted by atomic mass is 10.1. The van der Waals surface area contributed by atoms with Crippen molar-refractivity contribution in [3.8, 4) is 11.3 Å². The average molecular weight is 390 g/mol. The Morgan fingerprint density at radius 3 is 2.82 bits per heavy atom. The summed E-state index contributed by atoms with van der Waals surface area (Å²) in [7, 11) is 0. The number of hydrogen-bond donors (Lipinski definition) is 1. The number of fused-ring (bicyclic) bond motifs is 1. The van der Waals surface area contributed by atoms with Crippen molar-refractivity contribution in [2.75, 3.05) is 5.32 Å². The molecule has 0 unspecified atom stereocenters. The lowest BCUT2D eigenvalue weighted by Crippen LogP contribution is -2.12. The average Bonchev–Trinajstić information content (AvgIpc) is 3.10. The van der Waals surface area contributed by atoms with Crippen molar-refractivity contribution < 1.29 is 4.79 Å². The third-order valence-electron chi connectivity index (χ3n) is 4.59.